The van der Waals surface area contributed by atoms with Crippen molar-refractivity contribution in [3.05, 3.63) is 42.0 Å². The van der Waals surface area contributed by atoms with E-state index in [1.165, 1.54) is 12.2 Å². The van der Waals surface area contributed by atoms with Crippen LogP contribution in [0.3, 0.4) is 0 Å². The fourth-order valence-corrected chi connectivity index (χ4v) is 4.61. The molecule has 3 atom stereocenters. The standard InChI is InChI=1S/C24H32N2O7/c1-6-17-23(19(28)29,25-21(32)33-22(3,4)5)15-26(24(17,7-2)20(30)31)18(27)14-13-16-11-9-8-10-12-16/h8-14,17H,6-7,15H2,1-5H3,(H,25,32)(H,28,29)(H,30,31)/t17?,23-,24+/m0/s1. The molecule has 1 aromatic carbocycles. The van der Waals surface area contributed by atoms with Crippen molar-refractivity contribution in [3.63, 3.8) is 0 Å². The minimum absolute atomic E-state index is 0.0449. The van der Waals surface area contributed by atoms with Crippen molar-refractivity contribution in [3.8, 4) is 0 Å². The van der Waals surface area contributed by atoms with Crippen LogP contribution < -0.4 is 5.32 Å². The molecule has 0 radical (unpaired) electrons. The number of aliphatic carboxylic acids is 2. The van der Waals surface area contributed by atoms with E-state index in [-0.39, 0.29) is 12.8 Å². The number of hydrogen-bond acceptors (Lipinski definition) is 5. The molecule has 1 aliphatic rings. The number of carbonyl (C=O) groups excluding carboxylic acids is 2. The van der Waals surface area contributed by atoms with Gasteiger partial charge in [0.2, 0.25) is 5.91 Å². The summed E-state index contributed by atoms with van der Waals surface area (Å²) in [6, 6.07) is 8.96. The summed E-state index contributed by atoms with van der Waals surface area (Å²) in [6.45, 7) is 7.60. The number of carboxylic acid groups (broad SMARTS) is 2. The average Bonchev–Trinajstić information content (AvgIpc) is 3.02. The van der Waals surface area contributed by atoms with Crippen molar-refractivity contribution in [2.75, 3.05) is 6.54 Å². The summed E-state index contributed by atoms with van der Waals surface area (Å²) in [5, 5.41) is 22.9. The number of carboxylic acids is 2. The topological polar surface area (TPSA) is 133 Å². The molecule has 33 heavy (non-hydrogen) atoms. The molecule has 0 aliphatic carbocycles. The molecule has 1 heterocycles. The molecule has 2 rings (SSSR count). The third-order valence-electron chi connectivity index (χ3n) is 5.97. The second-order valence-electron chi connectivity index (χ2n) is 9.12. The van der Waals surface area contributed by atoms with Crippen LogP contribution in [0.4, 0.5) is 4.79 Å². The van der Waals surface area contributed by atoms with Crippen LogP contribution in [-0.2, 0) is 19.1 Å². The summed E-state index contributed by atoms with van der Waals surface area (Å²) < 4.78 is 5.25. The fourth-order valence-electron chi connectivity index (χ4n) is 4.61. The minimum atomic E-state index is -2.04. The van der Waals surface area contributed by atoms with E-state index in [1.807, 2.05) is 6.07 Å². The largest absolute Gasteiger partial charge is 0.479 e. The highest BCUT2D eigenvalue weighted by Gasteiger charge is 2.68. The van der Waals surface area contributed by atoms with E-state index in [0.717, 1.165) is 10.5 Å². The first-order valence-corrected chi connectivity index (χ1v) is 10.9. The Morgan fingerprint density at radius 1 is 1.12 bits per heavy atom. The molecule has 0 saturated carbocycles. The van der Waals surface area contributed by atoms with Crippen LogP contribution in [0, 0.1) is 5.92 Å². The summed E-state index contributed by atoms with van der Waals surface area (Å²) in [5.41, 5.74) is -4.04. The van der Waals surface area contributed by atoms with Gasteiger partial charge in [-0.2, -0.15) is 0 Å². The van der Waals surface area contributed by atoms with Crippen LogP contribution >= 0.6 is 0 Å². The monoisotopic (exact) mass is 460 g/mol. The van der Waals surface area contributed by atoms with E-state index >= 15 is 0 Å². The molecule has 9 heteroatoms. The number of likely N-dealkylation sites (tertiary alicyclic amines) is 1. The lowest BCUT2D eigenvalue weighted by Gasteiger charge is -2.39. The van der Waals surface area contributed by atoms with E-state index in [1.54, 1.807) is 58.9 Å². The number of ether oxygens (including phenoxy) is 1. The van der Waals surface area contributed by atoms with Gasteiger partial charge in [-0.25, -0.2) is 14.4 Å². The number of alkyl carbamates (subject to hydrolysis) is 1. The Kier molecular flexibility index (Phi) is 7.57. The Hall–Kier alpha value is -3.36. The van der Waals surface area contributed by atoms with Gasteiger partial charge in [0.05, 0.1) is 6.54 Å². The molecule has 0 spiro atoms. The Balaban J connectivity index is 2.56. The van der Waals surface area contributed by atoms with E-state index in [9.17, 15) is 29.4 Å². The Labute approximate surface area is 193 Å². The molecule has 0 bridgehead atoms. The van der Waals surface area contributed by atoms with E-state index in [4.69, 9.17) is 4.74 Å². The number of nitrogens with one attached hydrogen (secondary N) is 1. The van der Waals surface area contributed by atoms with Gasteiger partial charge in [0.15, 0.2) is 5.54 Å². The normalized spacial score (nSPS) is 25.1. The zero-order valence-electron chi connectivity index (χ0n) is 19.6. The maximum absolute atomic E-state index is 13.2. The van der Waals surface area contributed by atoms with Gasteiger partial charge in [-0.1, -0.05) is 44.2 Å². The highest BCUT2D eigenvalue weighted by atomic mass is 16.6. The quantitative estimate of drug-likeness (QED) is 0.532. The summed E-state index contributed by atoms with van der Waals surface area (Å²) in [4.78, 5) is 52.0. The molecule has 1 aliphatic heterocycles. The van der Waals surface area contributed by atoms with Crippen LogP contribution in [0.1, 0.15) is 53.0 Å². The van der Waals surface area contributed by atoms with Crippen LogP contribution in [0.5, 0.6) is 0 Å². The molecule has 1 saturated heterocycles. The zero-order chi connectivity index (χ0) is 25.0. The van der Waals surface area contributed by atoms with Crippen LogP contribution in [0.15, 0.2) is 36.4 Å². The SMILES string of the molecule is CCC1[C@](CC)(C(=O)O)N(C(=O)C=Cc2ccccc2)C[C@@]1(NC(=O)OC(C)(C)C)C(=O)O. The van der Waals surface area contributed by atoms with Crippen LogP contribution in [0.2, 0.25) is 0 Å². The lowest BCUT2D eigenvalue weighted by molar-refractivity contribution is -0.158. The van der Waals surface area contributed by atoms with Gasteiger partial charge in [-0.05, 0) is 45.3 Å². The predicted octanol–water partition coefficient (Wildman–Crippen LogP) is 3.15. The summed E-state index contributed by atoms with van der Waals surface area (Å²) in [7, 11) is 0. The van der Waals surface area contributed by atoms with Gasteiger partial charge in [-0.15, -0.1) is 0 Å². The second kappa shape index (κ2) is 9.64. The number of nitrogens with zero attached hydrogens (tertiary/aromatic N) is 1. The summed E-state index contributed by atoms with van der Waals surface area (Å²) in [5.74, 6) is -4.52. The van der Waals surface area contributed by atoms with E-state index in [2.05, 4.69) is 5.32 Å². The highest BCUT2D eigenvalue weighted by molar-refractivity contribution is 5.99. The molecule has 1 fully saturated rings. The molecule has 9 nitrogen and oxygen atoms in total. The Morgan fingerprint density at radius 3 is 2.18 bits per heavy atom. The summed E-state index contributed by atoms with van der Waals surface area (Å²) in [6.07, 6.45) is 1.81. The van der Waals surface area contributed by atoms with Crippen molar-refractivity contribution < 1.29 is 34.1 Å². The molecule has 3 N–H and O–H groups in total. The number of benzene rings is 1. The lowest BCUT2D eigenvalue weighted by atomic mass is 9.72. The number of rotatable bonds is 7. The summed E-state index contributed by atoms with van der Waals surface area (Å²) >= 11 is 0. The first-order chi connectivity index (χ1) is 15.3. The molecule has 1 aromatic rings. The van der Waals surface area contributed by atoms with Crippen molar-refractivity contribution in [2.45, 2.75) is 64.1 Å². The third-order valence-corrected chi connectivity index (χ3v) is 5.97. The predicted molar refractivity (Wildman–Crippen MR) is 121 cm³/mol. The van der Waals surface area contributed by atoms with E-state index < -0.39 is 53.1 Å². The number of hydrogen-bond donors (Lipinski definition) is 3. The van der Waals surface area contributed by atoms with Gasteiger partial charge in [0.1, 0.15) is 11.1 Å². The molecular weight excluding hydrogens is 428 g/mol. The Morgan fingerprint density at radius 2 is 1.73 bits per heavy atom. The average molecular weight is 461 g/mol. The molecule has 1 unspecified atom stereocenters. The molecule has 180 valence electrons. The van der Waals surface area contributed by atoms with Crippen molar-refractivity contribution >= 4 is 30.0 Å². The first-order valence-electron chi connectivity index (χ1n) is 10.9. The maximum atomic E-state index is 13.2. The lowest BCUT2D eigenvalue weighted by Crippen LogP contribution is -2.63. The Bertz CT molecular complexity index is 938. The van der Waals surface area contributed by atoms with Crippen LogP contribution in [0.25, 0.3) is 6.08 Å². The zero-order valence-corrected chi connectivity index (χ0v) is 19.6. The molecular formula is C24H32N2O7. The van der Waals surface area contributed by atoms with Gasteiger partial charge in [0, 0.05) is 12.0 Å². The third kappa shape index (κ3) is 5.02. The van der Waals surface area contributed by atoms with Crippen molar-refractivity contribution in [2.24, 2.45) is 5.92 Å². The van der Waals surface area contributed by atoms with Gasteiger partial charge < -0.3 is 25.2 Å². The smallest absolute Gasteiger partial charge is 0.408 e. The van der Waals surface area contributed by atoms with E-state index in [0.29, 0.717) is 0 Å². The van der Waals surface area contributed by atoms with Crippen LogP contribution in [-0.4, -0.2) is 62.3 Å². The maximum Gasteiger partial charge on any atom is 0.408 e. The minimum Gasteiger partial charge on any atom is -0.479 e. The number of amides is 2. The highest BCUT2D eigenvalue weighted by Crippen LogP contribution is 2.46. The van der Waals surface area contributed by atoms with Crippen molar-refractivity contribution in [1.29, 1.82) is 0 Å². The fraction of sp³-hybridized carbons (Fsp3) is 0.500. The van der Waals surface area contributed by atoms with Crippen molar-refractivity contribution in [1.82, 2.24) is 10.2 Å². The van der Waals surface area contributed by atoms with Gasteiger partial charge >= 0.3 is 18.0 Å². The second-order valence-corrected chi connectivity index (χ2v) is 9.12. The van der Waals surface area contributed by atoms with Gasteiger partial charge in [-0.3, -0.25) is 4.79 Å². The first kappa shape index (κ1) is 25.9. The molecule has 2 amide bonds. The molecule has 0 aromatic heterocycles. The van der Waals surface area contributed by atoms with Gasteiger partial charge in [0.25, 0.3) is 0 Å². The number of carbonyl (C=O) groups is 4.